The molecule has 6 atom stereocenters. The van der Waals surface area contributed by atoms with E-state index in [1.165, 1.54) is 85.2 Å². The molecule has 122 heavy (non-hydrogen) atoms. The van der Waals surface area contributed by atoms with Crippen LogP contribution in [0.25, 0.3) is 21.6 Å². The molecule has 0 radical (unpaired) electrons. The van der Waals surface area contributed by atoms with Gasteiger partial charge in [0, 0.05) is 40.6 Å². The second-order valence-corrected chi connectivity index (χ2v) is 32.9. The van der Waals surface area contributed by atoms with Crippen LogP contribution < -0.4 is 41.3 Å². The number of benzene rings is 8. The molecule has 652 valence electrons. The maximum Gasteiger partial charge on any atom is 0.414 e. The molecule has 8 aromatic rings. The van der Waals surface area contributed by atoms with E-state index in [1.54, 1.807) is 60.3 Å². The van der Waals surface area contributed by atoms with Crippen molar-refractivity contribution in [2.45, 2.75) is 67.9 Å². The number of nitrogens with zero attached hydrogens (tertiary/aromatic N) is 8. The van der Waals surface area contributed by atoms with Crippen molar-refractivity contribution in [2.75, 3.05) is 121 Å². The number of cyclic esters (lactones) is 5. The van der Waals surface area contributed by atoms with Crippen LogP contribution in [0.1, 0.15) is 25.3 Å². The molecule has 6 aliphatic heterocycles. The van der Waals surface area contributed by atoms with Crippen LogP contribution in [0.15, 0.2) is 196 Å². The fourth-order valence-corrected chi connectivity index (χ4v) is 12.9. The summed E-state index contributed by atoms with van der Waals surface area (Å²) >= 11 is 16.8. The number of ether oxygens (including phenoxy) is 8. The lowest BCUT2D eigenvalue weighted by Gasteiger charge is -2.14. The Kier molecular flexibility index (Phi) is 38.2. The molecule has 43 heteroatoms. The van der Waals surface area contributed by atoms with E-state index in [0.717, 1.165) is 35.3 Å². The summed E-state index contributed by atoms with van der Waals surface area (Å²) in [5.74, 6) is -2.76. The molecule has 0 bridgehead atoms. The Hall–Kier alpha value is -9.76. The van der Waals surface area contributed by atoms with Crippen molar-refractivity contribution in [1.29, 1.82) is 0 Å². The quantitative estimate of drug-likeness (QED) is 0.00563. The fraction of sp³-hybridized carbons (Fsp3) is 0.304. The highest BCUT2D eigenvalue weighted by Crippen LogP contribution is 2.34. The van der Waals surface area contributed by atoms with Gasteiger partial charge in [-0.3, -0.25) is 38.8 Å². The number of epoxide rings is 1. The highest BCUT2D eigenvalue weighted by molar-refractivity contribution is 9.11. The van der Waals surface area contributed by atoms with Gasteiger partial charge in [-0.1, -0.05) is 54.5 Å². The molecule has 0 unspecified atom stereocenters. The number of azide groups is 1. The second-order valence-electron chi connectivity index (χ2n) is 26.1. The van der Waals surface area contributed by atoms with E-state index in [0.29, 0.717) is 83.7 Å². The number of rotatable bonds is 22. The first-order chi connectivity index (χ1) is 58.2. The average Bonchev–Trinajstić information content (AvgIpc) is 1.54. The van der Waals surface area contributed by atoms with Gasteiger partial charge >= 0.3 is 42.5 Å². The van der Waals surface area contributed by atoms with Crippen molar-refractivity contribution in [3.8, 4) is 11.1 Å². The maximum atomic E-state index is 14.5. The van der Waals surface area contributed by atoms with E-state index in [-0.39, 0.29) is 93.7 Å². The molecule has 6 N–H and O–H groups in total. The predicted molar refractivity (Wildman–Crippen MR) is 458 cm³/mol. The fourth-order valence-electron chi connectivity index (χ4n) is 10.9. The number of aliphatic hydroxyl groups is 1. The van der Waals surface area contributed by atoms with Crippen LogP contribution in [-0.2, 0) is 63.6 Å². The third kappa shape index (κ3) is 30.3. The predicted octanol–water partition coefficient (Wildman–Crippen LogP) is 17.5. The topological polar surface area (TPSA) is 389 Å². The van der Waals surface area contributed by atoms with Gasteiger partial charge in [0.15, 0.2) is 0 Å². The summed E-state index contributed by atoms with van der Waals surface area (Å²) in [5, 5.41) is 14.7. The Morgan fingerprint density at radius 1 is 0.541 bits per heavy atom. The zero-order valence-electron chi connectivity index (χ0n) is 64.7. The highest BCUT2D eigenvalue weighted by Gasteiger charge is 2.37. The molecule has 6 aliphatic rings. The number of halogens is 11. The van der Waals surface area contributed by atoms with E-state index in [2.05, 4.69) is 99.2 Å². The number of nitrogens with two attached hydrogens (primary N) is 2. The van der Waals surface area contributed by atoms with Crippen molar-refractivity contribution in [2.24, 2.45) is 16.6 Å². The normalized spacial score (nSPS) is 17.8. The Balaban J connectivity index is 0.000000178. The van der Waals surface area contributed by atoms with E-state index in [9.17, 15) is 68.3 Å². The van der Waals surface area contributed by atoms with Crippen molar-refractivity contribution in [3.05, 3.63) is 237 Å². The van der Waals surface area contributed by atoms with Crippen molar-refractivity contribution >= 4 is 178 Å². The summed E-state index contributed by atoms with van der Waals surface area (Å²) < 4.78 is 149. The number of carbonyl (C=O) groups excluding carboxylic acids is 7. The number of esters is 1. The van der Waals surface area contributed by atoms with Crippen molar-refractivity contribution in [3.63, 3.8) is 0 Å². The first kappa shape index (κ1) is 97.7. The summed E-state index contributed by atoms with van der Waals surface area (Å²) in [5.41, 5.74) is 23.8. The van der Waals surface area contributed by atoms with E-state index < -0.39 is 94.1 Å². The third-order valence-corrected chi connectivity index (χ3v) is 21.6. The standard InChI is InChI=1S/C17H17FN2O2S.C14H11BrFNO2.C11H11BrFNO5S.C10H8BrFN4O2.C10H10BrFN2O2.C10H9BrFNO3.C7H12O3/c1-23-14-5-2-11(3-6-14)15-7-4-12(8-16(15)18)20-10-13(9-19)22-17(20)21;15-12-7-6-11(8-13(12)16)17-14(18)19-9-10-4-2-1-3-5-10;1-20(16,17)18-6-8-5-14(11(15)19-8)7-2-3-9(12)10(13)4-7;11-8-2-1-6(3-9(8)12)16-5-7(4-14-15-13)18-10(16)17;11-8-2-1-6(3-9(8)12)14-5-7(4-13)16-10(14)15;11-8-2-1-6(3-9(8)12)13-4-7(5-14)16-10(13)15;1-2-3-7(8)10-5-6-4-9-6/h2-8,13H,9-10,19H2,1H3;1-8H,9H2,(H,17,18);2-4,8H,5-6H2,1H3;1-3,7H,4-5H2;1-3,7H,4-5,13H2;1-3,7,14H,4-5H2;6H,2-5H2,1H3/t13-;;8-;3*7-;6-/m0.10011/s1. The summed E-state index contributed by atoms with van der Waals surface area (Å²) in [6.45, 7) is 4.67. The summed E-state index contributed by atoms with van der Waals surface area (Å²) in [6, 6.07) is 43.5. The van der Waals surface area contributed by atoms with Gasteiger partial charge in [0.05, 0.1) is 110 Å². The molecule has 0 spiro atoms. The SMILES string of the molecule is CCCC(=O)OC[C@H]1CO1.CS(=O)(=O)OC[C@H]1CN(c2ccc(Br)c(F)c2)C(=O)O1.CSc1ccc(-c2ccc(N3C[C@H](CN)OC3=O)cc2F)cc1.NC[C@H]1CN(c2ccc(Br)c(F)c2)C(=O)O1.O=C(Nc1ccc(Br)c(F)c1)OCc1ccccc1.O=C1O[C@@H](CO)CN1c1ccc(Br)c(F)c1.[N-]=[N+]=NC[C@H]1CN(c2ccc(Br)c(F)c2)C(=O)O1. The summed E-state index contributed by atoms with van der Waals surface area (Å²) in [4.78, 5) is 90.4. The lowest BCUT2D eigenvalue weighted by Crippen LogP contribution is -2.27. The molecule has 6 amide bonds. The minimum atomic E-state index is -3.60. The molecule has 8 aromatic carbocycles. The van der Waals surface area contributed by atoms with Gasteiger partial charge in [-0.15, -0.1) is 11.8 Å². The molecule has 0 saturated carbocycles. The molecule has 0 aliphatic carbocycles. The Labute approximate surface area is 742 Å². The molecule has 6 fully saturated rings. The minimum Gasteiger partial charge on any atom is -0.463 e. The Morgan fingerprint density at radius 3 is 1.31 bits per heavy atom. The van der Waals surface area contributed by atoms with E-state index >= 15 is 0 Å². The van der Waals surface area contributed by atoms with Gasteiger partial charge in [-0.05, 0) is 230 Å². The number of hydrogen-bond acceptors (Lipinski definition) is 23. The molecular formula is C79H78Br5F6N11O19S2. The zero-order valence-corrected chi connectivity index (χ0v) is 74.2. The number of nitrogens with one attached hydrogen (secondary N) is 1. The van der Waals surface area contributed by atoms with Gasteiger partial charge in [-0.2, -0.15) is 8.42 Å². The van der Waals surface area contributed by atoms with Gasteiger partial charge in [0.25, 0.3) is 10.1 Å². The largest absolute Gasteiger partial charge is 0.463 e. The van der Waals surface area contributed by atoms with Gasteiger partial charge < -0.3 is 54.5 Å². The minimum absolute atomic E-state index is 0.0672. The van der Waals surface area contributed by atoms with Crippen LogP contribution in [0.3, 0.4) is 0 Å². The van der Waals surface area contributed by atoms with Gasteiger partial charge in [-0.25, -0.2) is 55.1 Å². The Bertz CT molecular complexity index is 5070. The highest BCUT2D eigenvalue weighted by atomic mass is 79.9. The average molecular weight is 2060 g/mol. The third-order valence-electron chi connectivity index (χ3n) is 17.1. The Morgan fingerprint density at radius 2 is 0.934 bits per heavy atom. The van der Waals surface area contributed by atoms with Crippen LogP contribution in [-0.4, -0.2) is 184 Å². The first-order valence-corrected chi connectivity index (χ1v) is 43.4. The van der Waals surface area contributed by atoms with E-state index in [4.69, 9.17) is 60.0 Å². The summed E-state index contributed by atoms with van der Waals surface area (Å²) in [6.07, 6.45) is -1.37. The smallest absolute Gasteiger partial charge is 0.414 e. The second kappa shape index (κ2) is 47.8. The number of hydrogen-bond donors (Lipinski definition) is 4. The number of thioether (sulfide) groups is 1. The number of anilines is 6. The maximum absolute atomic E-state index is 14.5. The monoisotopic (exact) mass is 2060 g/mol. The lowest BCUT2D eigenvalue weighted by atomic mass is 10.0. The molecule has 0 aromatic heterocycles. The lowest BCUT2D eigenvalue weighted by molar-refractivity contribution is -0.144. The number of amides is 6. The first-order valence-electron chi connectivity index (χ1n) is 36.4. The zero-order chi connectivity index (χ0) is 88.9. The van der Waals surface area contributed by atoms with Crippen LogP contribution in [0.4, 0.5) is 89.2 Å². The van der Waals surface area contributed by atoms with Crippen LogP contribution in [0.5, 0.6) is 0 Å². The molecular weight excluding hydrogens is 1980 g/mol. The summed E-state index contributed by atoms with van der Waals surface area (Å²) in [7, 11) is -3.60. The van der Waals surface area contributed by atoms with Crippen LogP contribution in [0, 0.1) is 34.9 Å². The van der Waals surface area contributed by atoms with Crippen molar-refractivity contribution < 1.29 is 116 Å². The molecule has 14 rings (SSSR count). The van der Waals surface area contributed by atoms with Gasteiger partial charge in [0.2, 0.25) is 0 Å². The van der Waals surface area contributed by atoms with Crippen LogP contribution in [0.2, 0.25) is 0 Å². The van der Waals surface area contributed by atoms with Crippen LogP contribution >= 0.6 is 91.4 Å². The number of aliphatic hydroxyl groups excluding tert-OH is 1. The van der Waals surface area contributed by atoms with Gasteiger partial charge in [0.1, 0.15) is 91.3 Å². The van der Waals surface area contributed by atoms with E-state index in [1.807, 2.05) is 67.8 Å². The molecule has 30 nitrogen and oxygen atoms in total. The van der Waals surface area contributed by atoms with Crippen molar-refractivity contribution in [1.82, 2.24) is 0 Å². The molecule has 6 heterocycles. The number of carbonyl (C=O) groups is 7. The molecule has 6 saturated heterocycles.